The molecule has 2 aromatic rings. The quantitative estimate of drug-likeness (QED) is 0.395. The Morgan fingerprint density at radius 3 is 2.61 bits per heavy atom. The molecule has 164 valence electrons. The summed E-state index contributed by atoms with van der Waals surface area (Å²) in [5.74, 6) is -0.177. The third-order valence-corrected chi connectivity index (χ3v) is 5.69. The number of aromatic nitrogens is 2. The third-order valence-electron chi connectivity index (χ3n) is 5.69. The minimum absolute atomic E-state index is 0.0975. The standard InChI is InChI=1S/C21H27N7O3/c1-13-10-24-19(26-17-8-14-4-2-3-5-15(14)9-17)20(30)27(13)11-18(29)25-16-6-7-28(21(22)23)31-12-16/h2-5,10,16-17H,6-9,11-12H2,1H3,(H3,22,23)(H,24,26)(H,25,29). The molecule has 1 aromatic heterocycles. The van der Waals surface area contributed by atoms with E-state index >= 15 is 0 Å². The van der Waals surface area contributed by atoms with Gasteiger partial charge in [0.05, 0.1) is 19.2 Å². The maximum Gasteiger partial charge on any atom is 0.293 e. The molecule has 1 unspecified atom stereocenters. The van der Waals surface area contributed by atoms with Crippen molar-refractivity contribution in [1.82, 2.24) is 19.9 Å². The van der Waals surface area contributed by atoms with Crippen LogP contribution in [0.5, 0.6) is 0 Å². The van der Waals surface area contributed by atoms with Crippen LogP contribution in [0.2, 0.25) is 0 Å². The monoisotopic (exact) mass is 425 g/mol. The van der Waals surface area contributed by atoms with E-state index in [-0.39, 0.29) is 48.5 Å². The van der Waals surface area contributed by atoms with Gasteiger partial charge in [0.15, 0.2) is 5.82 Å². The lowest BCUT2D eigenvalue weighted by atomic mass is 10.1. The van der Waals surface area contributed by atoms with Gasteiger partial charge in [-0.25, -0.2) is 10.0 Å². The molecule has 10 nitrogen and oxygen atoms in total. The van der Waals surface area contributed by atoms with Gasteiger partial charge < -0.3 is 16.4 Å². The van der Waals surface area contributed by atoms with Crippen LogP contribution in [-0.4, -0.2) is 51.7 Å². The van der Waals surface area contributed by atoms with Gasteiger partial charge in [0.1, 0.15) is 6.54 Å². The number of carbonyl (C=O) groups excluding carboxylic acids is 1. The Bertz CT molecular complexity index is 1020. The Hall–Kier alpha value is -3.40. The summed E-state index contributed by atoms with van der Waals surface area (Å²) in [6.45, 7) is 2.31. The van der Waals surface area contributed by atoms with Crippen molar-refractivity contribution in [3.05, 3.63) is 57.6 Å². The number of rotatable bonds is 5. The zero-order valence-electron chi connectivity index (χ0n) is 17.4. The molecular weight excluding hydrogens is 398 g/mol. The number of nitrogens with zero attached hydrogens (tertiary/aromatic N) is 3. The van der Waals surface area contributed by atoms with Crippen molar-refractivity contribution in [1.29, 1.82) is 5.41 Å². The lowest BCUT2D eigenvalue weighted by molar-refractivity contribution is -0.143. The van der Waals surface area contributed by atoms with Crippen LogP contribution >= 0.6 is 0 Å². The third kappa shape index (κ3) is 4.69. The first-order valence-corrected chi connectivity index (χ1v) is 10.3. The summed E-state index contributed by atoms with van der Waals surface area (Å²) >= 11 is 0. The minimum atomic E-state index is -0.311. The Morgan fingerprint density at radius 2 is 2.00 bits per heavy atom. The van der Waals surface area contributed by atoms with Crippen molar-refractivity contribution < 1.29 is 9.63 Å². The van der Waals surface area contributed by atoms with Gasteiger partial charge >= 0.3 is 0 Å². The van der Waals surface area contributed by atoms with Gasteiger partial charge in [-0.15, -0.1) is 0 Å². The van der Waals surface area contributed by atoms with E-state index in [0.29, 0.717) is 18.7 Å². The van der Waals surface area contributed by atoms with Gasteiger partial charge in [-0.05, 0) is 37.3 Å². The fourth-order valence-electron chi connectivity index (χ4n) is 4.04. The number of hydrogen-bond acceptors (Lipinski definition) is 6. The molecule has 10 heteroatoms. The van der Waals surface area contributed by atoms with Crippen LogP contribution in [0, 0.1) is 12.3 Å². The second-order valence-electron chi connectivity index (χ2n) is 7.99. The summed E-state index contributed by atoms with van der Waals surface area (Å²) in [5.41, 5.74) is 8.26. The Morgan fingerprint density at radius 1 is 1.29 bits per heavy atom. The van der Waals surface area contributed by atoms with Gasteiger partial charge in [0.2, 0.25) is 11.9 Å². The van der Waals surface area contributed by atoms with Gasteiger partial charge in [-0.1, -0.05) is 24.3 Å². The normalized spacial score (nSPS) is 18.5. The number of hydroxylamine groups is 2. The summed E-state index contributed by atoms with van der Waals surface area (Å²) in [7, 11) is 0. The van der Waals surface area contributed by atoms with Gasteiger partial charge in [-0.3, -0.25) is 24.4 Å². The van der Waals surface area contributed by atoms with E-state index in [1.807, 2.05) is 12.1 Å². The number of nitrogens with two attached hydrogens (primary N) is 1. The van der Waals surface area contributed by atoms with E-state index < -0.39 is 0 Å². The highest BCUT2D eigenvalue weighted by Crippen LogP contribution is 2.23. The van der Waals surface area contributed by atoms with Crippen LogP contribution in [-0.2, 0) is 29.0 Å². The zero-order chi connectivity index (χ0) is 22.0. The fraction of sp³-hybridized carbons (Fsp3) is 0.429. The minimum Gasteiger partial charge on any atom is -0.368 e. The molecule has 1 aliphatic heterocycles. The number of benzene rings is 1. The van der Waals surface area contributed by atoms with Gasteiger partial charge in [-0.2, -0.15) is 0 Å². The van der Waals surface area contributed by atoms with E-state index in [2.05, 4.69) is 27.8 Å². The number of guanidine groups is 1. The number of anilines is 1. The number of nitrogens with one attached hydrogen (secondary N) is 3. The number of amides is 1. The average molecular weight is 425 g/mol. The predicted molar refractivity (Wildman–Crippen MR) is 116 cm³/mol. The number of fused-ring (bicyclic) bond motifs is 1. The van der Waals surface area contributed by atoms with Crippen LogP contribution in [0.4, 0.5) is 5.82 Å². The summed E-state index contributed by atoms with van der Waals surface area (Å²) in [6, 6.07) is 8.15. The first-order valence-electron chi connectivity index (χ1n) is 10.3. The molecule has 5 N–H and O–H groups in total. The zero-order valence-corrected chi connectivity index (χ0v) is 17.4. The molecule has 1 aromatic carbocycles. The van der Waals surface area contributed by atoms with Crippen LogP contribution in [0.1, 0.15) is 23.2 Å². The smallest absolute Gasteiger partial charge is 0.293 e. The predicted octanol–water partition coefficient (Wildman–Crippen LogP) is 0.147. The Kier molecular flexibility index (Phi) is 5.90. The Labute approximate surface area is 179 Å². The number of carbonyl (C=O) groups is 1. The fourth-order valence-corrected chi connectivity index (χ4v) is 4.04. The molecule has 31 heavy (non-hydrogen) atoms. The van der Waals surface area contributed by atoms with E-state index in [1.165, 1.54) is 20.8 Å². The SMILES string of the molecule is Cc1cnc(NC2Cc3ccccc3C2)c(=O)n1CC(=O)NC1CCN(C(=N)N)OC1. The highest BCUT2D eigenvalue weighted by atomic mass is 16.7. The second-order valence-corrected chi connectivity index (χ2v) is 7.99. The molecule has 1 amide bonds. The maximum absolute atomic E-state index is 13.0. The lowest BCUT2D eigenvalue weighted by Gasteiger charge is -2.31. The molecule has 0 bridgehead atoms. The summed E-state index contributed by atoms with van der Waals surface area (Å²) < 4.78 is 1.43. The molecule has 4 rings (SSSR count). The highest BCUT2D eigenvalue weighted by Gasteiger charge is 2.24. The van der Waals surface area contributed by atoms with E-state index in [0.717, 1.165) is 12.8 Å². The molecule has 0 radical (unpaired) electrons. The lowest BCUT2D eigenvalue weighted by Crippen LogP contribution is -2.50. The molecule has 1 fully saturated rings. The Balaban J connectivity index is 1.38. The van der Waals surface area contributed by atoms with Crippen LogP contribution in [0.3, 0.4) is 0 Å². The molecule has 2 heterocycles. The van der Waals surface area contributed by atoms with Gasteiger partial charge in [0.25, 0.3) is 5.56 Å². The van der Waals surface area contributed by atoms with Crippen LogP contribution in [0.15, 0.2) is 35.3 Å². The molecule has 0 spiro atoms. The molecular formula is C21H27N7O3. The molecule has 1 saturated heterocycles. The second kappa shape index (κ2) is 8.76. The number of aryl methyl sites for hydroxylation is 1. The van der Waals surface area contributed by atoms with Gasteiger partial charge in [0, 0.05) is 17.9 Å². The van der Waals surface area contributed by atoms with Crippen LogP contribution < -0.4 is 21.9 Å². The first kappa shape index (κ1) is 20.9. The maximum atomic E-state index is 13.0. The molecule has 2 aliphatic rings. The van der Waals surface area contributed by atoms with E-state index in [4.69, 9.17) is 16.0 Å². The van der Waals surface area contributed by atoms with Crippen LogP contribution in [0.25, 0.3) is 0 Å². The summed E-state index contributed by atoms with van der Waals surface area (Å²) in [4.78, 5) is 35.2. The largest absolute Gasteiger partial charge is 0.368 e. The van der Waals surface area contributed by atoms with Crippen molar-refractivity contribution in [2.24, 2.45) is 5.73 Å². The summed E-state index contributed by atoms with van der Waals surface area (Å²) in [5, 5.41) is 14.8. The molecule has 0 saturated carbocycles. The average Bonchev–Trinajstić information content (AvgIpc) is 3.16. The van der Waals surface area contributed by atoms with Crippen molar-refractivity contribution in [2.75, 3.05) is 18.5 Å². The van der Waals surface area contributed by atoms with Crippen molar-refractivity contribution in [2.45, 2.75) is 44.8 Å². The van der Waals surface area contributed by atoms with Crippen molar-refractivity contribution >= 4 is 17.7 Å². The highest BCUT2D eigenvalue weighted by molar-refractivity contribution is 5.76. The topological polar surface area (TPSA) is 138 Å². The van der Waals surface area contributed by atoms with Crippen molar-refractivity contribution in [3.8, 4) is 0 Å². The van der Waals surface area contributed by atoms with E-state index in [1.54, 1.807) is 13.1 Å². The summed E-state index contributed by atoms with van der Waals surface area (Å²) in [6.07, 6.45) is 3.88. The molecule has 1 aliphatic carbocycles. The molecule has 1 atom stereocenters. The first-order chi connectivity index (χ1) is 14.9. The van der Waals surface area contributed by atoms with E-state index in [9.17, 15) is 9.59 Å². The van der Waals surface area contributed by atoms with Crippen molar-refractivity contribution in [3.63, 3.8) is 0 Å². The number of hydrogen-bond donors (Lipinski definition) is 4.